The van der Waals surface area contributed by atoms with Gasteiger partial charge in [0.1, 0.15) is 17.3 Å². The Labute approximate surface area is 118 Å². The van der Waals surface area contributed by atoms with Gasteiger partial charge in [0, 0.05) is 26.2 Å². The van der Waals surface area contributed by atoms with Crippen molar-refractivity contribution in [3.05, 3.63) is 42.1 Å². The molecule has 0 bridgehead atoms. The lowest BCUT2D eigenvalue weighted by Crippen LogP contribution is -2.11. The number of aromatic hydroxyl groups is 2. The Bertz CT molecular complexity index is 562. The first-order valence-corrected chi connectivity index (χ1v) is 6.38. The van der Waals surface area contributed by atoms with Gasteiger partial charge in [-0.25, -0.2) is 4.98 Å². The molecule has 2 rings (SSSR count). The molecule has 5 nitrogen and oxygen atoms in total. The van der Waals surface area contributed by atoms with Crippen LogP contribution in [0.25, 0.3) is 0 Å². The normalized spacial score (nSPS) is 11.9. The molecule has 0 amide bonds. The maximum absolute atomic E-state index is 9.50. The topological polar surface area (TPSA) is 68.6 Å². The zero-order valence-electron chi connectivity index (χ0n) is 11.8. The number of hydrogen-bond donors (Lipinski definition) is 3. The van der Waals surface area contributed by atoms with Crippen molar-refractivity contribution < 1.29 is 10.2 Å². The summed E-state index contributed by atoms with van der Waals surface area (Å²) in [5.74, 6) is 0.989. The third-order valence-corrected chi connectivity index (χ3v) is 3.01. The lowest BCUT2D eigenvalue weighted by molar-refractivity contribution is 0.448. The Balaban J connectivity index is 2.12. The standard InChI is InChI=1S/C15H19N3O2/c1-10(11-6-13(19)8-14(20)7-11)17-12-4-5-15(16-9-12)18(2)3/h4-10,17,19-20H,1-3H3. The Morgan fingerprint density at radius 3 is 2.25 bits per heavy atom. The van der Waals surface area contributed by atoms with Crippen LogP contribution in [0.5, 0.6) is 11.5 Å². The van der Waals surface area contributed by atoms with E-state index in [1.807, 2.05) is 38.1 Å². The molecular weight excluding hydrogens is 254 g/mol. The van der Waals surface area contributed by atoms with Gasteiger partial charge in [-0.2, -0.15) is 0 Å². The molecule has 3 N–H and O–H groups in total. The van der Waals surface area contributed by atoms with E-state index in [1.165, 1.54) is 6.07 Å². The van der Waals surface area contributed by atoms with E-state index in [0.717, 1.165) is 17.1 Å². The predicted octanol–water partition coefficient (Wildman–Crippen LogP) is 2.73. The summed E-state index contributed by atoms with van der Waals surface area (Å²) < 4.78 is 0. The highest BCUT2D eigenvalue weighted by Gasteiger charge is 2.08. The SMILES string of the molecule is CC(Nc1ccc(N(C)C)nc1)c1cc(O)cc(O)c1. The van der Waals surface area contributed by atoms with E-state index in [1.54, 1.807) is 18.3 Å². The quantitative estimate of drug-likeness (QED) is 0.799. The molecule has 0 saturated carbocycles. The number of aromatic nitrogens is 1. The monoisotopic (exact) mass is 273 g/mol. The van der Waals surface area contributed by atoms with Crippen molar-refractivity contribution in [3.63, 3.8) is 0 Å². The van der Waals surface area contributed by atoms with Gasteiger partial charge in [-0.05, 0) is 36.8 Å². The van der Waals surface area contributed by atoms with Crippen molar-refractivity contribution >= 4 is 11.5 Å². The fourth-order valence-electron chi connectivity index (χ4n) is 1.94. The summed E-state index contributed by atoms with van der Waals surface area (Å²) in [6, 6.07) is 8.37. The van der Waals surface area contributed by atoms with Gasteiger partial charge in [-0.1, -0.05) is 0 Å². The summed E-state index contributed by atoms with van der Waals surface area (Å²) in [7, 11) is 3.88. The number of rotatable bonds is 4. The van der Waals surface area contributed by atoms with Gasteiger partial charge < -0.3 is 20.4 Å². The third kappa shape index (κ3) is 3.32. The number of nitrogens with one attached hydrogen (secondary N) is 1. The molecule has 0 fully saturated rings. The summed E-state index contributed by atoms with van der Waals surface area (Å²) >= 11 is 0. The lowest BCUT2D eigenvalue weighted by Gasteiger charge is -2.17. The molecule has 106 valence electrons. The minimum Gasteiger partial charge on any atom is -0.508 e. The van der Waals surface area contributed by atoms with E-state index in [9.17, 15) is 10.2 Å². The largest absolute Gasteiger partial charge is 0.508 e. The molecule has 20 heavy (non-hydrogen) atoms. The first-order valence-electron chi connectivity index (χ1n) is 6.38. The predicted molar refractivity (Wildman–Crippen MR) is 80.4 cm³/mol. The van der Waals surface area contributed by atoms with E-state index in [4.69, 9.17) is 0 Å². The minimum absolute atomic E-state index is 0.0507. The Morgan fingerprint density at radius 1 is 1.10 bits per heavy atom. The zero-order valence-corrected chi connectivity index (χ0v) is 11.8. The number of anilines is 2. The molecule has 1 heterocycles. The van der Waals surface area contributed by atoms with Crippen LogP contribution < -0.4 is 10.2 Å². The third-order valence-electron chi connectivity index (χ3n) is 3.01. The smallest absolute Gasteiger partial charge is 0.128 e. The first-order chi connectivity index (χ1) is 9.45. The molecule has 1 unspecified atom stereocenters. The molecule has 0 aliphatic rings. The van der Waals surface area contributed by atoms with Gasteiger partial charge in [0.05, 0.1) is 11.9 Å². The fraction of sp³-hybridized carbons (Fsp3) is 0.267. The highest BCUT2D eigenvalue weighted by atomic mass is 16.3. The average molecular weight is 273 g/mol. The van der Waals surface area contributed by atoms with E-state index in [-0.39, 0.29) is 17.5 Å². The van der Waals surface area contributed by atoms with Crippen molar-refractivity contribution in [1.82, 2.24) is 4.98 Å². The van der Waals surface area contributed by atoms with Crippen molar-refractivity contribution in [3.8, 4) is 11.5 Å². The van der Waals surface area contributed by atoms with Gasteiger partial charge in [-0.3, -0.25) is 0 Å². The number of phenols is 2. The van der Waals surface area contributed by atoms with Crippen molar-refractivity contribution in [2.24, 2.45) is 0 Å². The zero-order chi connectivity index (χ0) is 14.7. The molecule has 0 radical (unpaired) electrons. The number of nitrogens with zero attached hydrogens (tertiary/aromatic N) is 2. The number of phenolic OH excluding ortho intramolecular Hbond substituents is 2. The van der Waals surface area contributed by atoms with E-state index >= 15 is 0 Å². The summed E-state index contributed by atoms with van der Waals surface area (Å²) in [4.78, 5) is 6.26. The molecule has 0 aliphatic carbocycles. The van der Waals surface area contributed by atoms with Crippen LogP contribution in [0.2, 0.25) is 0 Å². The van der Waals surface area contributed by atoms with Crippen LogP contribution in [0.4, 0.5) is 11.5 Å². The summed E-state index contributed by atoms with van der Waals surface area (Å²) in [6.45, 7) is 1.95. The maximum atomic E-state index is 9.50. The van der Waals surface area contributed by atoms with Crippen molar-refractivity contribution in [1.29, 1.82) is 0 Å². The molecule has 0 spiro atoms. The minimum atomic E-state index is -0.0555. The highest BCUT2D eigenvalue weighted by Crippen LogP contribution is 2.27. The van der Waals surface area contributed by atoms with E-state index < -0.39 is 0 Å². The van der Waals surface area contributed by atoms with Crippen LogP contribution in [0, 0.1) is 0 Å². The van der Waals surface area contributed by atoms with E-state index in [0.29, 0.717) is 0 Å². The van der Waals surface area contributed by atoms with E-state index in [2.05, 4.69) is 10.3 Å². The number of hydrogen-bond acceptors (Lipinski definition) is 5. The molecule has 5 heteroatoms. The van der Waals surface area contributed by atoms with Crippen LogP contribution in [0.1, 0.15) is 18.5 Å². The van der Waals surface area contributed by atoms with Gasteiger partial charge in [0.25, 0.3) is 0 Å². The van der Waals surface area contributed by atoms with Crippen molar-refractivity contribution in [2.75, 3.05) is 24.3 Å². The molecule has 0 aliphatic heterocycles. The molecule has 1 atom stereocenters. The molecule has 1 aromatic carbocycles. The maximum Gasteiger partial charge on any atom is 0.128 e. The second kappa shape index (κ2) is 5.69. The summed E-state index contributed by atoms with van der Waals surface area (Å²) in [5, 5.41) is 22.3. The van der Waals surface area contributed by atoms with Crippen LogP contribution in [-0.4, -0.2) is 29.3 Å². The van der Waals surface area contributed by atoms with Gasteiger partial charge in [0.2, 0.25) is 0 Å². The number of benzene rings is 1. The van der Waals surface area contributed by atoms with Crippen LogP contribution in [0.15, 0.2) is 36.5 Å². The Kier molecular flexibility index (Phi) is 3.98. The highest BCUT2D eigenvalue weighted by molar-refractivity contribution is 5.50. The van der Waals surface area contributed by atoms with Gasteiger partial charge in [-0.15, -0.1) is 0 Å². The fourth-order valence-corrected chi connectivity index (χ4v) is 1.94. The van der Waals surface area contributed by atoms with Gasteiger partial charge >= 0.3 is 0 Å². The average Bonchev–Trinajstić information content (AvgIpc) is 2.38. The molecule has 0 saturated heterocycles. The Hall–Kier alpha value is -2.43. The molecule has 2 aromatic rings. The van der Waals surface area contributed by atoms with Crippen LogP contribution >= 0.6 is 0 Å². The Morgan fingerprint density at radius 2 is 1.75 bits per heavy atom. The molecule has 1 aromatic heterocycles. The second-order valence-electron chi connectivity index (χ2n) is 4.95. The van der Waals surface area contributed by atoms with Crippen molar-refractivity contribution in [2.45, 2.75) is 13.0 Å². The first kappa shape index (κ1) is 14.0. The molecular formula is C15H19N3O2. The summed E-state index contributed by atoms with van der Waals surface area (Å²) in [5.41, 5.74) is 1.69. The van der Waals surface area contributed by atoms with Crippen LogP contribution in [0.3, 0.4) is 0 Å². The number of pyridine rings is 1. The second-order valence-corrected chi connectivity index (χ2v) is 4.95. The van der Waals surface area contributed by atoms with Gasteiger partial charge in [0.15, 0.2) is 0 Å². The summed E-state index contributed by atoms with van der Waals surface area (Å²) in [6.07, 6.45) is 1.76. The lowest BCUT2D eigenvalue weighted by atomic mass is 10.1. The van der Waals surface area contributed by atoms with Crippen LogP contribution in [-0.2, 0) is 0 Å².